The van der Waals surface area contributed by atoms with Crippen LogP contribution in [0.5, 0.6) is 5.75 Å². The molecule has 0 aliphatic heterocycles. The summed E-state index contributed by atoms with van der Waals surface area (Å²) in [5.74, 6) is 0.573. The summed E-state index contributed by atoms with van der Waals surface area (Å²) < 4.78 is 11.7. The van der Waals surface area contributed by atoms with E-state index in [0.717, 1.165) is 0 Å². The van der Waals surface area contributed by atoms with Crippen LogP contribution >= 0.6 is 11.8 Å². The predicted octanol–water partition coefficient (Wildman–Crippen LogP) is 3.01. The topological polar surface area (TPSA) is 137 Å². The molecule has 2 amide bonds. The van der Waals surface area contributed by atoms with E-state index < -0.39 is 5.97 Å². The number of carbonyl (C=O) groups excluding carboxylic acids is 3. The minimum atomic E-state index is -0.407. The van der Waals surface area contributed by atoms with Gasteiger partial charge in [-0.1, -0.05) is 11.8 Å². The van der Waals surface area contributed by atoms with Gasteiger partial charge < -0.3 is 20.1 Å². The molecule has 4 rings (SSSR count). The summed E-state index contributed by atoms with van der Waals surface area (Å²) in [5, 5.41) is 19.1. The number of esters is 1. The summed E-state index contributed by atoms with van der Waals surface area (Å²) >= 11 is 1.26. The second-order valence-electron chi connectivity index (χ2n) is 7.93. The van der Waals surface area contributed by atoms with Crippen LogP contribution in [0.15, 0.2) is 65.7 Å². The Hall–Kier alpha value is -4.45. The molecular formula is C26H26N6O5S. The second kappa shape index (κ2) is 12.7. The number of nitrogens with zero attached hydrogens (tertiary/aromatic N) is 4. The van der Waals surface area contributed by atoms with E-state index in [-0.39, 0.29) is 17.6 Å². The number of nitrogens with one attached hydrogen (secondary N) is 2. The van der Waals surface area contributed by atoms with Crippen molar-refractivity contribution in [2.24, 2.45) is 0 Å². The van der Waals surface area contributed by atoms with Gasteiger partial charge in [-0.25, -0.2) is 4.79 Å². The molecule has 0 aliphatic rings. The van der Waals surface area contributed by atoms with E-state index in [2.05, 4.69) is 25.9 Å². The average molecular weight is 535 g/mol. The fraction of sp³-hybridized carbons (Fsp3) is 0.231. The molecule has 0 bridgehead atoms. The number of rotatable bonds is 11. The monoisotopic (exact) mass is 534 g/mol. The maximum Gasteiger partial charge on any atom is 0.338 e. The Balaban J connectivity index is 1.29. The van der Waals surface area contributed by atoms with Crippen LogP contribution in [-0.4, -0.2) is 63.6 Å². The number of carbonyl (C=O) groups is 3. The Morgan fingerprint density at radius 1 is 0.947 bits per heavy atom. The van der Waals surface area contributed by atoms with Gasteiger partial charge in [0.15, 0.2) is 11.5 Å². The van der Waals surface area contributed by atoms with E-state index in [9.17, 15) is 14.4 Å². The largest absolute Gasteiger partial charge is 0.497 e. The van der Waals surface area contributed by atoms with Crippen LogP contribution in [0.4, 0.5) is 5.69 Å². The van der Waals surface area contributed by atoms with Crippen molar-refractivity contribution in [3.8, 4) is 5.75 Å². The molecule has 0 fully saturated rings. The van der Waals surface area contributed by atoms with Gasteiger partial charge in [0.1, 0.15) is 10.8 Å². The highest BCUT2D eigenvalue weighted by Crippen LogP contribution is 2.17. The first kappa shape index (κ1) is 26.6. The highest BCUT2D eigenvalue weighted by Gasteiger charge is 2.12. The lowest BCUT2D eigenvalue weighted by atomic mass is 10.2. The van der Waals surface area contributed by atoms with Gasteiger partial charge in [-0.05, 0) is 67.6 Å². The van der Waals surface area contributed by atoms with Crippen LogP contribution in [0.2, 0.25) is 0 Å². The highest BCUT2D eigenvalue weighted by molar-refractivity contribution is 7.99. The lowest BCUT2D eigenvalue weighted by Gasteiger charge is -2.07. The van der Waals surface area contributed by atoms with Crippen LogP contribution < -0.4 is 15.4 Å². The molecule has 0 atom stereocenters. The molecule has 12 heteroatoms. The van der Waals surface area contributed by atoms with Crippen LogP contribution in [0.25, 0.3) is 5.65 Å². The molecule has 0 aliphatic carbocycles. The van der Waals surface area contributed by atoms with E-state index in [1.54, 1.807) is 79.2 Å². The Morgan fingerprint density at radius 3 is 2.39 bits per heavy atom. The first-order valence-electron chi connectivity index (χ1n) is 11.8. The summed E-state index contributed by atoms with van der Waals surface area (Å²) in [6.45, 7) is 2.39. The lowest BCUT2D eigenvalue weighted by molar-refractivity contribution is -0.113. The molecule has 0 radical (unpaired) electrons. The van der Waals surface area contributed by atoms with Crippen molar-refractivity contribution < 1.29 is 23.9 Å². The van der Waals surface area contributed by atoms with Gasteiger partial charge in [0, 0.05) is 24.2 Å². The molecule has 196 valence electrons. The van der Waals surface area contributed by atoms with E-state index >= 15 is 0 Å². The Bertz CT molecular complexity index is 1420. The molecule has 2 aromatic heterocycles. The smallest absolute Gasteiger partial charge is 0.338 e. The van der Waals surface area contributed by atoms with Gasteiger partial charge in [-0.2, -0.15) is 9.61 Å². The van der Waals surface area contributed by atoms with Crippen molar-refractivity contribution in [3.05, 3.63) is 77.6 Å². The molecule has 38 heavy (non-hydrogen) atoms. The van der Waals surface area contributed by atoms with Crippen LogP contribution in [0.3, 0.4) is 0 Å². The fourth-order valence-corrected chi connectivity index (χ4v) is 4.08. The second-order valence-corrected chi connectivity index (χ2v) is 8.92. The number of methoxy groups -OCH3 is 1. The summed E-state index contributed by atoms with van der Waals surface area (Å²) in [6, 6.07) is 16.9. The van der Waals surface area contributed by atoms with Gasteiger partial charge in [-0.15, -0.1) is 10.2 Å². The zero-order valence-electron chi connectivity index (χ0n) is 20.8. The third kappa shape index (κ3) is 6.85. The third-order valence-electron chi connectivity index (χ3n) is 5.32. The SMILES string of the molecule is CCOC(=O)c1ccc(NC(=O)CSc2ccc3nnc(CCNC(=O)c4ccc(OC)cc4)n3n2)cc1. The molecule has 0 saturated carbocycles. The molecule has 2 N–H and O–H groups in total. The fourth-order valence-electron chi connectivity index (χ4n) is 3.42. The Kier molecular flexibility index (Phi) is 8.88. The van der Waals surface area contributed by atoms with Crippen molar-refractivity contribution in [1.29, 1.82) is 0 Å². The lowest BCUT2D eigenvalue weighted by Crippen LogP contribution is -2.26. The number of ether oxygens (including phenoxy) is 2. The van der Waals surface area contributed by atoms with Gasteiger partial charge in [0.25, 0.3) is 5.91 Å². The van der Waals surface area contributed by atoms with Gasteiger partial charge >= 0.3 is 5.97 Å². The number of aromatic nitrogens is 4. The molecular weight excluding hydrogens is 508 g/mol. The van der Waals surface area contributed by atoms with Gasteiger partial charge in [-0.3, -0.25) is 9.59 Å². The van der Waals surface area contributed by atoms with E-state index in [0.29, 0.717) is 58.6 Å². The summed E-state index contributed by atoms with van der Waals surface area (Å²) in [5.41, 5.74) is 2.09. The van der Waals surface area contributed by atoms with Crippen LogP contribution in [0, 0.1) is 0 Å². The maximum absolute atomic E-state index is 12.4. The first-order valence-corrected chi connectivity index (χ1v) is 12.8. The van der Waals surface area contributed by atoms with Crippen molar-refractivity contribution in [2.45, 2.75) is 18.4 Å². The standard InChI is InChI=1S/C26H26N6O5S/c1-3-37-26(35)18-4-8-19(9-5-18)28-23(33)16-38-24-13-12-21-29-30-22(32(21)31-24)14-15-27-25(34)17-6-10-20(36-2)11-7-17/h4-13H,3,14-16H2,1-2H3,(H,27,34)(H,28,33). The minimum Gasteiger partial charge on any atom is -0.497 e. The maximum atomic E-state index is 12.4. The van der Waals surface area contributed by atoms with E-state index in [1.807, 2.05) is 0 Å². The Labute approximate surface area is 222 Å². The van der Waals surface area contributed by atoms with Crippen molar-refractivity contribution >= 4 is 40.9 Å². The molecule has 11 nitrogen and oxygen atoms in total. The normalized spacial score (nSPS) is 10.7. The van der Waals surface area contributed by atoms with E-state index in [1.165, 1.54) is 11.8 Å². The summed E-state index contributed by atoms with van der Waals surface area (Å²) in [6.07, 6.45) is 0.423. The average Bonchev–Trinajstić information content (AvgIpc) is 3.34. The number of hydrogen-bond acceptors (Lipinski definition) is 9. The summed E-state index contributed by atoms with van der Waals surface area (Å²) in [4.78, 5) is 36.5. The number of anilines is 1. The van der Waals surface area contributed by atoms with Crippen molar-refractivity contribution in [2.75, 3.05) is 31.3 Å². The number of amides is 2. The minimum absolute atomic E-state index is 0.132. The molecule has 4 aromatic rings. The van der Waals surface area contributed by atoms with Crippen molar-refractivity contribution in [3.63, 3.8) is 0 Å². The quantitative estimate of drug-likeness (QED) is 0.220. The number of benzene rings is 2. The zero-order valence-corrected chi connectivity index (χ0v) is 21.7. The number of fused-ring (bicyclic) bond motifs is 1. The molecule has 0 saturated heterocycles. The number of thioether (sulfide) groups is 1. The molecule has 2 aromatic carbocycles. The van der Waals surface area contributed by atoms with Crippen LogP contribution in [-0.2, 0) is 16.0 Å². The zero-order chi connectivity index (χ0) is 26.9. The van der Waals surface area contributed by atoms with Gasteiger partial charge in [0.05, 0.1) is 25.0 Å². The van der Waals surface area contributed by atoms with Crippen molar-refractivity contribution in [1.82, 2.24) is 25.1 Å². The highest BCUT2D eigenvalue weighted by atomic mass is 32.2. The molecule has 0 unspecified atom stereocenters. The predicted molar refractivity (Wildman–Crippen MR) is 142 cm³/mol. The molecule has 2 heterocycles. The summed E-state index contributed by atoms with van der Waals surface area (Å²) in [7, 11) is 1.57. The molecule has 0 spiro atoms. The van der Waals surface area contributed by atoms with Crippen LogP contribution in [0.1, 0.15) is 33.5 Å². The Morgan fingerprint density at radius 2 is 1.68 bits per heavy atom. The third-order valence-corrected chi connectivity index (χ3v) is 6.24. The number of hydrogen-bond donors (Lipinski definition) is 2. The van der Waals surface area contributed by atoms with Gasteiger partial charge in [0.2, 0.25) is 5.91 Å². The van der Waals surface area contributed by atoms with E-state index in [4.69, 9.17) is 9.47 Å². The first-order chi connectivity index (χ1) is 18.5.